The molecule has 0 nitrogen and oxygen atoms in total. The predicted molar refractivity (Wildman–Crippen MR) is 94.1 cm³/mol. The van der Waals surface area contributed by atoms with Crippen LogP contribution in [0.1, 0.15) is 59.6 Å². The maximum Gasteiger partial charge on any atom is 0.0152 e. The fraction of sp³-hybridized carbons (Fsp3) is 0.400. The minimum atomic E-state index is 0.0595. The number of fused-ring (bicyclic) bond motifs is 1. The van der Waals surface area contributed by atoms with Gasteiger partial charge in [-0.25, -0.2) is 0 Å². The molecule has 0 aliphatic heterocycles. The highest BCUT2D eigenvalue weighted by atomic mass is 14.4. The molecule has 0 atom stereocenters. The van der Waals surface area contributed by atoms with Crippen molar-refractivity contribution in [1.82, 2.24) is 0 Å². The first-order valence-corrected chi connectivity index (χ1v) is 7.71. The molecule has 0 radical (unpaired) electrons. The van der Waals surface area contributed by atoms with E-state index in [1.165, 1.54) is 22.3 Å². The van der Waals surface area contributed by atoms with Gasteiger partial charge in [0, 0.05) is 5.41 Å². The average molecular weight is 270 g/mol. The van der Waals surface area contributed by atoms with Crippen LogP contribution in [0.2, 0.25) is 0 Å². The van der Waals surface area contributed by atoms with Gasteiger partial charge in [-0.1, -0.05) is 90.6 Å². The van der Waals surface area contributed by atoms with Crippen LogP contribution in [0.3, 0.4) is 0 Å². The van der Waals surface area contributed by atoms with Crippen molar-refractivity contribution < 1.29 is 0 Å². The van der Waals surface area contributed by atoms with Crippen molar-refractivity contribution in [2.45, 2.75) is 53.9 Å². The van der Waals surface area contributed by atoms with Crippen LogP contribution >= 0.6 is 0 Å². The zero-order valence-corrected chi connectivity index (χ0v) is 14.2. The fourth-order valence-corrected chi connectivity index (χ4v) is 2.31. The molecule has 0 heteroatoms. The summed E-state index contributed by atoms with van der Waals surface area (Å²) in [5, 5.41) is 0. The van der Waals surface area contributed by atoms with Crippen LogP contribution in [0.15, 0.2) is 54.6 Å². The lowest BCUT2D eigenvalue weighted by atomic mass is 9.83. The van der Waals surface area contributed by atoms with E-state index in [9.17, 15) is 0 Å². The van der Waals surface area contributed by atoms with Gasteiger partial charge in [0.1, 0.15) is 0 Å². The standard InChI is InChI=1S/C16H18.2C2H6/c1-5-6-9-13-12(2)16(3,4)15-11-8-7-10-14(13)15;2*1-2/h5-11H,2H2,1,3-4H3;2*1-2H3/b6-5-,13-9+;;. The Morgan fingerprint density at radius 1 is 1.00 bits per heavy atom. The van der Waals surface area contributed by atoms with Gasteiger partial charge in [0.25, 0.3) is 0 Å². The second-order valence-electron chi connectivity index (χ2n) is 4.76. The number of rotatable bonds is 1. The Hall–Kier alpha value is -1.56. The fourth-order valence-electron chi connectivity index (χ4n) is 2.31. The Morgan fingerprint density at radius 2 is 1.55 bits per heavy atom. The van der Waals surface area contributed by atoms with Crippen molar-refractivity contribution in [3.05, 3.63) is 65.8 Å². The van der Waals surface area contributed by atoms with Gasteiger partial charge in [0.2, 0.25) is 0 Å². The number of hydrogen-bond acceptors (Lipinski definition) is 0. The van der Waals surface area contributed by atoms with E-state index in [-0.39, 0.29) is 5.41 Å². The third-order valence-corrected chi connectivity index (χ3v) is 3.43. The molecule has 0 spiro atoms. The summed E-state index contributed by atoms with van der Waals surface area (Å²) >= 11 is 0. The first kappa shape index (κ1) is 18.4. The highest BCUT2D eigenvalue weighted by molar-refractivity contribution is 5.89. The molecular weight excluding hydrogens is 240 g/mol. The lowest BCUT2D eigenvalue weighted by Gasteiger charge is -2.20. The summed E-state index contributed by atoms with van der Waals surface area (Å²) in [4.78, 5) is 0. The average Bonchev–Trinajstić information content (AvgIpc) is 2.70. The van der Waals surface area contributed by atoms with E-state index in [1.54, 1.807) is 0 Å². The molecule has 0 N–H and O–H groups in total. The van der Waals surface area contributed by atoms with Crippen LogP contribution in [-0.2, 0) is 5.41 Å². The van der Waals surface area contributed by atoms with Gasteiger partial charge in [-0.2, -0.15) is 0 Å². The van der Waals surface area contributed by atoms with Gasteiger partial charge in [0.15, 0.2) is 0 Å². The molecule has 1 aromatic carbocycles. The molecule has 0 bridgehead atoms. The van der Waals surface area contributed by atoms with Gasteiger partial charge in [-0.3, -0.25) is 0 Å². The Labute approximate surface area is 125 Å². The van der Waals surface area contributed by atoms with Gasteiger partial charge in [-0.15, -0.1) is 0 Å². The summed E-state index contributed by atoms with van der Waals surface area (Å²) in [6, 6.07) is 8.59. The quantitative estimate of drug-likeness (QED) is 0.543. The molecule has 1 aliphatic carbocycles. The molecule has 0 amide bonds. The number of benzene rings is 1. The highest BCUT2D eigenvalue weighted by Gasteiger charge is 2.35. The maximum atomic E-state index is 4.25. The zero-order valence-electron chi connectivity index (χ0n) is 14.2. The first-order valence-electron chi connectivity index (χ1n) is 7.71. The van der Waals surface area contributed by atoms with E-state index >= 15 is 0 Å². The third-order valence-electron chi connectivity index (χ3n) is 3.43. The maximum absolute atomic E-state index is 4.25. The summed E-state index contributed by atoms with van der Waals surface area (Å²) in [6.45, 7) is 18.8. The number of allylic oxidation sites excluding steroid dienone is 5. The summed E-state index contributed by atoms with van der Waals surface area (Å²) in [5.74, 6) is 0. The molecule has 0 saturated carbocycles. The summed E-state index contributed by atoms with van der Waals surface area (Å²) in [5.41, 5.74) is 5.26. The topological polar surface area (TPSA) is 0 Å². The highest BCUT2D eigenvalue weighted by Crippen LogP contribution is 2.48. The smallest absolute Gasteiger partial charge is 0.0152 e. The summed E-state index contributed by atoms with van der Waals surface area (Å²) in [7, 11) is 0. The Kier molecular flexibility index (Phi) is 7.91. The van der Waals surface area contributed by atoms with Crippen molar-refractivity contribution in [3.8, 4) is 0 Å². The summed E-state index contributed by atoms with van der Waals surface area (Å²) in [6.07, 6.45) is 6.29. The molecule has 20 heavy (non-hydrogen) atoms. The molecule has 0 heterocycles. The Bertz CT molecular complexity index is 485. The van der Waals surface area contributed by atoms with Gasteiger partial charge in [0.05, 0.1) is 0 Å². The van der Waals surface area contributed by atoms with Crippen molar-refractivity contribution in [2.24, 2.45) is 0 Å². The number of hydrogen-bond donors (Lipinski definition) is 0. The van der Waals surface area contributed by atoms with Crippen molar-refractivity contribution in [3.63, 3.8) is 0 Å². The second-order valence-corrected chi connectivity index (χ2v) is 4.76. The SMILES string of the molecule is C=C1/C(=C\C=C/C)c2ccccc2C1(C)C.CC.CC. The normalized spacial score (nSPS) is 17.1. The van der Waals surface area contributed by atoms with E-state index in [2.05, 4.69) is 56.8 Å². The molecule has 1 aromatic rings. The van der Waals surface area contributed by atoms with Crippen molar-refractivity contribution in [1.29, 1.82) is 0 Å². The molecule has 0 aromatic heterocycles. The minimum Gasteiger partial charge on any atom is -0.0943 e. The molecule has 0 fully saturated rings. The van der Waals surface area contributed by atoms with Crippen LogP contribution in [0.25, 0.3) is 5.57 Å². The van der Waals surface area contributed by atoms with Crippen LogP contribution in [0, 0.1) is 0 Å². The molecule has 0 saturated heterocycles. The second kappa shape index (κ2) is 8.58. The van der Waals surface area contributed by atoms with Crippen molar-refractivity contribution in [2.75, 3.05) is 0 Å². The minimum absolute atomic E-state index is 0.0595. The van der Waals surface area contributed by atoms with E-state index < -0.39 is 0 Å². The summed E-state index contributed by atoms with van der Waals surface area (Å²) < 4.78 is 0. The van der Waals surface area contributed by atoms with E-state index in [0.29, 0.717) is 0 Å². The van der Waals surface area contributed by atoms with Crippen LogP contribution < -0.4 is 0 Å². The van der Waals surface area contributed by atoms with E-state index in [0.717, 1.165) is 0 Å². The Balaban J connectivity index is 0.000000829. The van der Waals surface area contributed by atoms with Crippen LogP contribution in [0.5, 0.6) is 0 Å². The van der Waals surface area contributed by atoms with Gasteiger partial charge < -0.3 is 0 Å². The molecule has 0 unspecified atom stereocenters. The molecular formula is C20H30. The van der Waals surface area contributed by atoms with Gasteiger partial charge >= 0.3 is 0 Å². The van der Waals surface area contributed by atoms with E-state index in [4.69, 9.17) is 0 Å². The lowest BCUT2D eigenvalue weighted by molar-refractivity contribution is 0.663. The first-order chi connectivity index (χ1) is 9.59. The van der Waals surface area contributed by atoms with Gasteiger partial charge in [-0.05, 0) is 29.2 Å². The molecule has 1 aliphatic rings. The lowest BCUT2D eigenvalue weighted by Crippen LogP contribution is -2.13. The molecule has 2 rings (SSSR count). The van der Waals surface area contributed by atoms with E-state index in [1.807, 2.05) is 40.7 Å². The van der Waals surface area contributed by atoms with Crippen LogP contribution in [0.4, 0.5) is 0 Å². The third kappa shape index (κ3) is 3.50. The zero-order chi connectivity index (χ0) is 15.8. The van der Waals surface area contributed by atoms with Crippen LogP contribution in [-0.4, -0.2) is 0 Å². The van der Waals surface area contributed by atoms with Crippen molar-refractivity contribution >= 4 is 5.57 Å². The Morgan fingerprint density at radius 3 is 2.10 bits per heavy atom. The predicted octanol–water partition coefficient (Wildman–Crippen LogP) is 6.55. The molecule has 110 valence electrons. The largest absolute Gasteiger partial charge is 0.0943 e. The monoisotopic (exact) mass is 270 g/mol.